The second kappa shape index (κ2) is 5.83. The zero-order chi connectivity index (χ0) is 11.4. The van der Waals surface area contributed by atoms with Crippen molar-refractivity contribution in [2.75, 3.05) is 6.54 Å². The topological polar surface area (TPSA) is 12.0 Å². The Morgan fingerprint density at radius 3 is 2.56 bits per heavy atom. The maximum absolute atomic E-state index is 3.66. The molecule has 0 saturated heterocycles. The average Bonchev–Trinajstić information content (AvgIpc) is 3.10. The molecule has 1 aliphatic rings. The number of hydrogen-bond acceptors (Lipinski definition) is 1. The summed E-state index contributed by atoms with van der Waals surface area (Å²) in [5.74, 6) is 1.02. The predicted molar refractivity (Wildman–Crippen MR) is 72.5 cm³/mol. The SMILES string of the molecule is CCC(NCCC1CC1)c1ccc(Br)cc1. The maximum Gasteiger partial charge on any atom is 0.0317 e. The fourth-order valence-electron chi connectivity index (χ4n) is 2.06. The third kappa shape index (κ3) is 3.60. The summed E-state index contributed by atoms with van der Waals surface area (Å²) in [6, 6.07) is 9.19. The lowest BCUT2D eigenvalue weighted by atomic mass is 10.0. The lowest BCUT2D eigenvalue weighted by Gasteiger charge is -2.17. The summed E-state index contributed by atoms with van der Waals surface area (Å²) in [7, 11) is 0. The van der Waals surface area contributed by atoms with Crippen LogP contribution in [-0.4, -0.2) is 6.54 Å². The van der Waals surface area contributed by atoms with Crippen molar-refractivity contribution in [3.05, 3.63) is 34.3 Å². The summed E-state index contributed by atoms with van der Waals surface area (Å²) < 4.78 is 1.16. The third-order valence-corrected chi connectivity index (χ3v) is 3.85. The van der Waals surface area contributed by atoms with Crippen LogP contribution in [0.4, 0.5) is 0 Å². The van der Waals surface area contributed by atoms with E-state index in [4.69, 9.17) is 0 Å². The second-order valence-corrected chi connectivity index (χ2v) is 5.61. The zero-order valence-corrected chi connectivity index (χ0v) is 11.5. The standard InChI is InChI=1S/C14H20BrN/c1-2-14(16-10-9-11-3-4-11)12-5-7-13(15)8-6-12/h5-8,11,14,16H,2-4,9-10H2,1H3. The molecule has 16 heavy (non-hydrogen) atoms. The molecule has 0 radical (unpaired) electrons. The second-order valence-electron chi connectivity index (χ2n) is 4.70. The van der Waals surface area contributed by atoms with Gasteiger partial charge in [0, 0.05) is 10.5 Å². The number of rotatable bonds is 6. The van der Waals surface area contributed by atoms with E-state index in [9.17, 15) is 0 Å². The average molecular weight is 282 g/mol. The van der Waals surface area contributed by atoms with Gasteiger partial charge in [-0.1, -0.05) is 47.8 Å². The molecule has 0 amide bonds. The molecule has 0 bridgehead atoms. The summed E-state index contributed by atoms with van der Waals surface area (Å²) in [6.07, 6.45) is 5.42. The molecular formula is C14H20BrN. The van der Waals surface area contributed by atoms with E-state index >= 15 is 0 Å². The fourth-order valence-corrected chi connectivity index (χ4v) is 2.33. The highest BCUT2D eigenvalue weighted by Crippen LogP contribution is 2.32. The van der Waals surface area contributed by atoms with Gasteiger partial charge in [-0.25, -0.2) is 0 Å². The lowest BCUT2D eigenvalue weighted by molar-refractivity contribution is 0.498. The molecule has 88 valence electrons. The Hall–Kier alpha value is -0.340. The van der Waals surface area contributed by atoms with Gasteiger partial charge in [0.25, 0.3) is 0 Å². The number of hydrogen-bond donors (Lipinski definition) is 1. The first-order valence-corrected chi connectivity index (χ1v) is 7.07. The van der Waals surface area contributed by atoms with E-state index in [1.54, 1.807) is 0 Å². The number of halogens is 1. The van der Waals surface area contributed by atoms with Crippen molar-refractivity contribution >= 4 is 15.9 Å². The van der Waals surface area contributed by atoms with Gasteiger partial charge < -0.3 is 5.32 Å². The van der Waals surface area contributed by atoms with Crippen molar-refractivity contribution < 1.29 is 0 Å². The van der Waals surface area contributed by atoms with Gasteiger partial charge in [-0.3, -0.25) is 0 Å². The van der Waals surface area contributed by atoms with Crippen molar-refractivity contribution in [2.45, 2.75) is 38.6 Å². The highest BCUT2D eigenvalue weighted by molar-refractivity contribution is 9.10. The summed E-state index contributed by atoms with van der Waals surface area (Å²) >= 11 is 3.48. The molecule has 0 spiro atoms. The molecule has 0 aromatic heterocycles. The van der Waals surface area contributed by atoms with Crippen LogP contribution in [0.5, 0.6) is 0 Å². The molecule has 1 atom stereocenters. The monoisotopic (exact) mass is 281 g/mol. The van der Waals surface area contributed by atoms with E-state index in [0.29, 0.717) is 6.04 Å². The Kier molecular flexibility index (Phi) is 4.42. The van der Waals surface area contributed by atoms with Gasteiger partial charge in [-0.2, -0.15) is 0 Å². The molecule has 1 aromatic carbocycles. The molecule has 0 heterocycles. The zero-order valence-electron chi connectivity index (χ0n) is 9.88. The normalized spacial score (nSPS) is 17.4. The molecule has 1 unspecified atom stereocenters. The Labute approximate surface area is 107 Å². The smallest absolute Gasteiger partial charge is 0.0317 e. The number of nitrogens with one attached hydrogen (secondary N) is 1. The van der Waals surface area contributed by atoms with E-state index in [2.05, 4.69) is 52.4 Å². The van der Waals surface area contributed by atoms with Gasteiger partial charge in [-0.05, 0) is 43.0 Å². The van der Waals surface area contributed by atoms with Crippen LogP contribution in [0.2, 0.25) is 0 Å². The van der Waals surface area contributed by atoms with Crippen LogP contribution < -0.4 is 5.32 Å². The largest absolute Gasteiger partial charge is 0.310 e. The summed E-state index contributed by atoms with van der Waals surface area (Å²) in [6.45, 7) is 3.41. The van der Waals surface area contributed by atoms with Crippen molar-refractivity contribution in [2.24, 2.45) is 5.92 Å². The summed E-state index contributed by atoms with van der Waals surface area (Å²) in [5.41, 5.74) is 1.40. The molecule has 1 N–H and O–H groups in total. The van der Waals surface area contributed by atoms with Crippen LogP contribution in [-0.2, 0) is 0 Å². The van der Waals surface area contributed by atoms with Crippen LogP contribution >= 0.6 is 15.9 Å². The van der Waals surface area contributed by atoms with Gasteiger partial charge in [0.1, 0.15) is 0 Å². The van der Waals surface area contributed by atoms with Crippen LogP contribution in [0, 0.1) is 5.92 Å². The minimum absolute atomic E-state index is 0.520. The lowest BCUT2D eigenvalue weighted by Crippen LogP contribution is -2.22. The molecule has 0 aliphatic heterocycles. The molecule has 1 saturated carbocycles. The van der Waals surface area contributed by atoms with E-state index in [-0.39, 0.29) is 0 Å². The van der Waals surface area contributed by atoms with Gasteiger partial charge >= 0.3 is 0 Å². The van der Waals surface area contributed by atoms with E-state index in [1.807, 2.05) is 0 Å². The summed E-state index contributed by atoms with van der Waals surface area (Å²) in [5, 5.41) is 3.66. The molecule has 1 fully saturated rings. The van der Waals surface area contributed by atoms with Crippen molar-refractivity contribution in [1.29, 1.82) is 0 Å². The Morgan fingerprint density at radius 2 is 2.00 bits per heavy atom. The highest BCUT2D eigenvalue weighted by atomic mass is 79.9. The summed E-state index contributed by atoms with van der Waals surface area (Å²) in [4.78, 5) is 0. The van der Waals surface area contributed by atoms with Crippen LogP contribution in [0.3, 0.4) is 0 Å². The first kappa shape index (κ1) is 12.1. The van der Waals surface area contributed by atoms with E-state index < -0.39 is 0 Å². The molecule has 2 rings (SSSR count). The minimum atomic E-state index is 0.520. The molecule has 1 aromatic rings. The first-order chi connectivity index (χ1) is 7.79. The quantitative estimate of drug-likeness (QED) is 0.820. The van der Waals surface area contributed by atoms with Crippen molar-refractivity contribution in [3.63, 3.8) is 0 Å². The number of benzene rings is 1. The molecule has 1 aliphatic carbocycles. The Balaban J connectivity index is 1.84. The Bertz CT molecular complexity index is 316. The minimum Gasteiger partial charge on any atom is -0.310 e. The Morgan fingerprint density at radius 1 is 1.31 bits per heavy atom. The fraction of sp³-hybridized carbons (Fsp3) is 0.571. The third-order valence-electron chi connectivity index (χ3n) is 3.32. The van der Waals surface area contributed by atoms with Gasteiger partial charge in [0.15, 0.2) is 0 Å². The van der Waals surface area contributed by atoms with E-state index in [1.165, 1.54) is 31.4 Å². The van der Waals surface area contributed by atoms with Gasteiger partial charge in [0.2, 0.25) is 0 Å². The maximum atomic E-state index is 3.66. The highest BCUT2D eigenvalue weighted by Gasteiger charge is 2.20. The van der Waals surface area contributed by atoms with Gasteiger partial charge in [-0.15, -0.1) is 0 Å². The van der Waals surface area contributed by atoms with Crippen molar-refractivity contribution in [1.82, 2.24) is 5.32 Å². The molecule has 1 nitrogen and oxygen atoms in total. The first-order valence-electron chi connectivity index (χ1n) is 6.28. The van der Waals surface area contributed by atoms with Crippen LogP contribution in [0.25, 0.3) is 0 Å². The molecular weight excluding hydrogens is 262 g/mol. The van der Waals surface area contributed by atoms with Gasteiger partial charge in [0.05, 0.1) is 0 Å². The molecule has 2 heteroatoms. The van der Waals surface area contributed by atoms with Crippen LogP contribution in [0.1, 0.15) is 44.2 Å². The van der Waals surface area contributed by atoms with Crippen LogP contribution in [0.15, 0.2) is 28.7 Å². The van der Waals surface area contributed by atoms with E-state index in [0.717, 1.165) is 16.8 Å². The van der Waals surface area contributed by atoms with Crippen molar-refractivity contribution in [3.8, 4) is 0 Å². The predicted octanol–water partition coefficient (Wildman–Crippen LogP) is 4.29.